The third kappa shape index (κ3) is 3.07. The Hall–Kier alpha value is -1.89. The standard InChI is InChI=1S/C14H22N6O/c1-3-6-15-14-18-12(11-8-16-20-13(11)19-14)17-9-4-5-10(7-9)21-2/h8-10H,3-7H2,1-2H3,(H3,15,16,17,18,19,20). The highest BCUT2D eigenvalue weighted by atomic mass is 16.5. The quantitative estimate of drug-likeness (QED) is 0.755. The van der Waals surface area contributed by atoms with Gasteiger partial charge in [-0.15, -0.1) is 0 Å². The number of anilines is 2. The van der Waals surface area contributed by atoms with Crippen molar-refractivity contribution in [1.82, 2.24) is 20.2 Å². The lowest BCUT2D eigenvalue weighted by Crippen LogP contribution is -2.19. The van der Waals surface area contributed by atoms with E-state index >= 15 is 0 Å². The molecule has 114 valence electrons. The first-order valence-corrected chi connectivity index (χ1v) is 7.54. The molecule has 1 saturated carbocycles. The number of hydrogen-bond acceptors (Lipinski definition) is 6. The summed E-state index contributed by atoms with van der Waals surface area (Å²) >= 11 is 0. The fraction of sp³-hybridized carbons (Fsp3) is 0.643. The van der Waals surface area contributed by atoms with Crippen molar-refractivity contribution >= 4 is 22.8 Å². The number of methoxy groups -OCH3 is 1. The number of ether oxygens (including phenoxy) is 1. The molecule has 0 amide bonds. The Morgan fingerprint density at radius 3 is 3.05 bits per heavy atom. The molecular weight excluding hydrogens is 268 g/mol. The maximum absolute atomic E-state index is 5.42. The van der Waals surface area contributed by atoms with Gasteiger partial charge in [0.1, 0.15) is 5.82 Å². The lowest BCUT2D eigenvalue weighted by atomic mass is 10.2. The monoisotopic (exact) mass is 290 g/mol. The molecule has 2 aromatic rings. The van der Waals surface area contributed by atoms with E-state index in [9.17, 15) is 0 Å². The van der Waals surface area contributed by atoms with Crippen LogP contribution in [-0.2, 0) is 4.74 Å². The van der Waals surface area contributed by atoms with Gasteiger partial charge in [-0.3, -0.25) is 5.10 Å². The second kappa shape index (κ2) is 6.26. The van der Waals surface area contributed by atoms with E-state index in [2.05, 4.69) is 37.7 Å². The number of aromatic nitrogens is 4. The zero-order valence-electron chi connectivity index (χ0n) is 12.5. The predicted molar refractivity (Wildman–Crippen MR) is 82.5 cm³/mol. The molecular formula is C14H22N6O. The molecule has 3 rings (SSSR count). The Morgan fingerprint density at radius 2 is 2.29 bits per heavy atom. The summed E-state index contributed by atoms with van der Waals surface area (Å²) in [6.45, 7) is 2.97. The number of aromatic amines is 1. The van der Waals surface area contributed by atoms with Crippen LogP contribution in [0.5, 0.6) is 0 Å². The van der Waals surface area contributed by atoms with Gasteiger partial charge in [-0.25, -0.2) is 0 Å². The van der Waals surface area contributed by atoms with Crippen LogP contribution in [0.3, 0.4) is 0 Å². The summed E-state index contributed by atoms with van der Waals surface area (Å²) in [7, 11) is 1.78. The minimum atomic E-state index is 0.349. The molecule has 0 saturated heterocycles. The highest BCUT2D eigenvalue weighted by molar-refractivity contribution is 5.87. The van der Waals surface area contributed by atoms with Gasteiger partial charge in [0.25, 0.3) is 0 Å². The van der Waals surface area contributed by atoms with Crippen molar-refractivity contribution in [2.24, 2.45) is 0 Å². The first-order valence-electron chi connectivity index (χ1n) is 7.54. The molecule has 0 spiro atoms. The van der Waals surface area contributed by atoms with Crippen molar-refractivity contribution in [3.8, 4) is 0 Å². The van der Waals surface area contributed by atoms with Crippen LogP contribution in [0.15, 0.2) is 6.20 Å². The summed E-state index contributed by atoms with van der Waals surface area (Å²) in [6, 6.07) is 0.391. The average Bonchev–Trinajstić information content (AvgIpc) is 3.13. The molecule has 2 unspecified atom stereocenters. The molecule has 7 heteroatoms. The molecule has 3 N–H and O–H groups in total. The number of nitrogens with zero attached hydrogens (tertiary/aromatic N) is 3. The van der Waals surface area contributed by atoms with E-state index in [0.29, 0.717) is 18.1 Å². The van der Waals surface area contributed by atoms with Crippen LogP contribution >= 0.6 is 0 Å². The van der Waals surface area contributed by atoms with Crippen molar-refractivity contribution in [1.29, 1.82) is 0 Å². The molecule has 0 aliphatic heterocycles. The zero-order chi connectivity index (χ0) is 14.7. The maximum Gasteiger partial charge on any atom is 0.226 e. The first kappa shape index (κ1) is 14.1. The molecule has 1 aliphatic carbocycles. The third-order valence-corrected chi connectivity index (χ3v) is 3.90. The molecule has 2 aromatic heterocycles. The van der Waals surface area contributed by atoms with Gasteiger partial charge in [-0.05, 0) is 25.7 Å². The van der Waals surface area contributed by atoms with Gasteiger partial charge in [0.05, 0.1) is 17.7 Å². The molecule has 0 aromatic carbocycles. The normalized spacial score (nSPS) is 21.8. The molecule has 2 atom stereocenters. The van der Waals surface area contributed by atoms with Gasteiger partial charge < -0.3 is 15.4 Å². The lowest BCUT2D eigenvalue weighted by Gasteiger charge is -2.15. The Balaban J connectivity index is 1.81. The van der Waals surface area contributed by atoms with Gasteiger partial charge in [0, 0.05) is 19.7 Å². The van der Waals surface area contributed by atoms with Gasteiger partial charge >= 0.3 is 0 Å². The van der Waals surface area contributed by atoms with E-state index in [1.54, 1.807) is 13.3 Å². The molecule has 2 heterocycles. The van der Waals surface area contributed by atoms with Crippen LogP contribution in [0.1, 0.15) is 32.6 Å². The van der Waals surface area contributed by atoms with Crippen LogP contribution < -0.4 is 10.6 Å². The van der Waals surface area contributed by atoms with Gasteiger partial charge in [0.15, 0.2) is 5.65 Å². The Labute approximate surface area is 123 Å². The average molecular weight is 290 g/mol. The van der Waals surface area contributed by atoms with Gasteiger partial charge in [-0.1, -0.05) is 6.92 Å². The fourth-order valence-electron chi connectivity index (χ4n) is 2.74. The van der Waals surface area contributed by atoms with Crippen LogP contribution in [0, 0.1) is 0 Å². The Morgan fingerprint density at radius 1 is 1.38 bits per heavy atom. The van der Waals surface area contributed by atoms with Crippen molar-refractivity contribution in [3.05, 3.63) is 6.20 Å². The van der Waals surface area contributed by atoms with Gasteiger partial charge in [0.2, 0.25) is 5.95 Å². The SMILES string of the molecule is CCCNc1nc(NC2CCC(OC)C2)c2cn[nH]c2n1. The maximum atomic E-state index is 5.42. The van der Waals surface area contributed by atoms with E-state index in [0.717, 1.165) is 49.1 Å². The zero-order valence-corrected chi connectivity index (χ0v) is 12.5. The molecule has 1 fully saturated rings. The van der Waals surface area contributed by atoms with E-state index in [-0.39, 0.29) is 0 Å². The minimum absolute atomic E-state index is 0.349. The van der Waals surface area contributed by atoms with Crippen molar-refractivity contribution < 1.29 is 4.74 Å². The van der Waals surface area contributed by atoms with Crippen LogP contribution in [-0.4, -0.2) is 46.0 Å². The molecule has 21 heavy (non-hydrogen) atoms. The van der Waals surface area contributed by atoms with E-state index in [1.165, 1.54) is 0 Å². The lowest BCUT2D eigenvalue weighted by molar-refractivity contribution is 0.108. The largest absolute Gasteiger partial charge is 0.381 e. The van der Waals surface area contributed by atoms with E-state index in [1.807, 2.05) is 0 Å². The Bertz CT molecular complexity index is 598. The predicted octanol–water partition coefficient (Wildman–Crippen LogP) is 2.15. The van der Waals surface area contributed by atoms with Crippen LogP contribution in [0.4, 0.5) is 11.8 Å². The smallest absolute Gasteiger partial charge is 0.226 e. The number of nitrogens with one attached hydrogen (secondary N) is 3. The summed E-state index contributed by atoms with van der Waals surface area (Å²) in [5.41, 5.74) is 0.757. The summed E-state index contributed by atoms with van der Waals surface area (Å²) in [6.07, 6.45) is 6.35. The van der Waals surface area contributed by atoms with Crippen molar-refractivity contribution in [2.75, 3.05) is 24.3 Å². The number of hydrogen-bond donors (Lipinski definition) is 3. The minimum Gasteiger partial charge on any atom is -0.381 e. The summed E-state index contributed by atoms with van der Waals surface area (Å²) in [5.74, 6) is 1.48. The third-order valence-electron chi connectivity index (χ3n) is 3.90. The van der Waals surface area contributed by atoms with E-state index in [4.69, 9.17) is 4.74 Å². The summed E-state index contributed by atoms with van der Waals surface area (Å²) in [4.78, 5) is 9.02. The molecule has 7 nitrogen and oxygen atoms in total. The topological polar surface area (TPSA) is 87.8 Å². The van der Waals surface area contributed by atoms with Crippen LogP contribution in [0.2, 0.25) is 0 Å². The summed E-state index contributed by atoms with van der Waals surface area (Å²) in [5, 5.41) is 14.7. The molecule has 1 aliphatic rings. The summed E-state index contributed by atoms with van der Waals surface area (Å²) < 4.78 is 5.42. The van der Waals surface area contributed by atoms with Crippen molar-refractivity contribution in [3.63, 3.8) is 0 Å². The number of fused-ring (bicyclic) bond motifs is 1. The molecule has 0 bridgehead atoms. The number of H-pyrrole nitrogens is 1. The highest BCUT2D eigenvalue weighted by Gasteiger charge is 2.25. The number of rotatable bonds is 6. The molecule has 0 radical (unpaired) electrons. The highest BCUT2D eigenvalue weighted by Crippen LogP contribution is 2.27. The fourth-order valence-corrected chi connectivity index (χ4v) is 2.74. The van der Waals surface area contributed by atoms with Crippen molar-refractivity contribution in [2.45, 2.75) is 44.8 Å². The second-order valence-corrected chi connectivity index (χ2v) is 5.47. The van der Waals surface area contributed by atoms with Gasteiger partial charge in [-0.2, -0.15) is 15.1 Å². The van der Waals surface area contributed by atoms with Crippen LogP contribution in [0.25, 0.3) is 11.0 Å². The second-order valence-electron chi connectivity index (χ2n) is 5.47. The first-order chi connectivity index (χ1) is 10.3. The van der Waals surface area contributed by atoms with E-state index < -0.39 is 0 Å². The Kier molecular flexibility index (Phi) is 4.19.